The second-order valence-electron chi connectivity index (χ2n) is 5.52. The number of benzene rings is 2. The van der Waals surface area contributed by atoms with E-state index in [0.29, 0.717) is 11.8 Å². The standard InChI is InChI=1S/C18H16N2O/c21-14-5-6-15-12(10-14)4-7-18(15)20-17-3-1-2-13-11-19-9-8-16(13)17/h1-3,5-6,8-11,18,20-21H,4,7H2. The molecule has 1 aromatic heterocycles. The number of rotatable bonds is 2. The van der Waals surface area contributed by atoms with E-state index < -0.39 is 0 Å². The van der Waals surface area contributed by atoms with Crippen LogP contribution in [0.15, 0.2) is 54.9 Å². The summed E-state index contributed by atoms with van der Waals surface area (Å²) >= 11 is 0. The zero-order valence-electron chi connectivity index (χ0n) is 11.6. The van der Waals surface area contributed by atoms with Crippen LogP contribution < -0.4 is 5.32 Å². The van der Waals surface area contributed by atoms with Crippen molar-refractivity contribution in [2.45, 2.75) is 18.9 Å². The molecular weight excluding hydrogens is 260 g/mol. The summed E-state index contributed by atoms with van der Waals surface area (Å²) in [4.78, 5) is 4.18. The van der Waals surface area contributed by atoms with Crippen LogP contribution in [0, 0.1) is 0 Å². The average Bonchev–Trinajstić information content (AvgIpc) is 2.90. The SMILES string of the molecule is Oc1ccc2c(c1)CCC2Nc1cccc2cnccc12. The van der Waals surface area contributed by atoms with Gasteiger partial charge in [0.2, 0.25) is 0 Å². The summed E-state index contributed by atoms with van der Waals surface area (Å²) in [6.45, 7) is 0. The predicted molar refractivity (Wildman–Crippen MR) is 84.5 cm³/mol. The molecule has 0 amide bonds. The minimum absolute atomic E-state index is 0.305. The second-order valence-corrected chi connectivity index (χ2v) is 5.52. The largest absolute Gasteiger partial charge is 0.508 e. The molecule has 3 nitrogen and oxygen atoms in total. The van der Waals surface area contributed by atoms with Crippen LogP contribution in [0.2, 0.25) is 0 Å². The Morgan fingerprint density at radius 1 is 1.14 bits per heavy atom. The number of nitrogens with one attached hydrogen (secondary N) is 1. The molecule has 0 spiro atoms. The van der Waals surface area contributed by atoms with Gasteiger partial charge in [-0.15, -0.1) is 0 Å². The van der Waals surface area contributed by atoms with Crippen molar-refractivity contribution in [2.75, 3.05) is 5.32 Å². The third-order valence-corrected chi connectivity index (χ3v) is 4.21. The number of phenolic OH excluding ortho intramolecular Hbond substituents is 1. The van der Waals surface area contributed by atoms with E-state index in [9.17, 15) is 5.11 Å². The van der Waals surface area contributed by atoms with Crippen LogP contribution in [-0.2, 0) is 6.42 Å². The van der Waals surface area contributed by atoms with E-state index in [-0.39, 0.29) is 0 Å². The van der Waals surface area contributed by atoms with E-state index in [2.05, 4.69) is 28.5 Å². The summed E-state index contributed by atoms with van der Waals surface area (Å²) in [5.41, 5.74) is 3.68. The van der Waals surface area contributed by atoms with Crippen molar-refractivity contribution in [1.82, 2.24) is 4.98 Å². The molecule has 1 aliphatic rings. The zero-order valence-corrected chi connectivity index (χ0v) is 11.6. The molecule has 21 heavy (non-hydrogen) atoms. The number of anilines is 1. The fraction of sp³-hybridized carbons (Fsp3) is 0.167. The van der Waals surface area contributed by atoms with Crippen molar-refractivity contribution in [3.8, 4) is 5.75 Å². The predicted octanol–water partition coefficient (Wildman–Crippen LogP) is 4.04. The van der Waals surface area contributed by atoms with E-state index in [1.54, 1.807) is 6.07 Å². The smallest absolute Gasteiger partial charge is 0.115 e. The topological polar surface area (TPSA) is 45.1 Å². The number of aromatic nitrogens is 1. The number of hydrogen-bond donors (Lipinski definition) is 2. The van der Waals surface area contributed by atoms with Crippen molar-refractivity contribution in [2.24, 2.45) is 0 Å². The fourth-order valence-electron chi connectivity index (χ4n) is 3.19. The van der Waals surface area contributed by atoms with Crippen LogP contribution in [-0.4, -0.2) is 10.1 Å². The highest BCUT2D eigenvalue weighted by Crippen LogP contribution is 2.36. The highest BCUT2D eigenvalue weighted by atomic mass is 16.3. The molecule has 1 heterocycles. The third-order valence-electron chi connectivity index (χ3n) is 4.21. The lowest BCUT2D eigenvalue weighted by atomic mass is 10.1. The Morgan fingerprint density at radius 2 is 2.10 bits per heavy atom. The zero-order chi connectivity index (χ0) is 14.2. The molecule has 104 valence electrons. The van der Waals surface area contributed by atoms with Gasteiger partial charge in [-0.3, -0.25) is 4.98 Å². The van der Waals surface area contributed by atoms with Gasteiger partial charge in [-0.05, 0) is 48.2 Å². The Hall–Kier alpha value is -2.55. The Bertz CT molecular complexity index is 808. The minimum Gasteiger partial charge on any atom is -0.508 e. The fourth-order valence-corrected chi connectivity index (χ4v) is 3.19. The monoisotopic (exact) mass is 276 g/mol. The molecule has 0 saturated carbocycles. The normalized spacial score (nSPS) is 16.9. The van der Waals surface area contributed by atoms with Crippen LogP contribution in [0.25, 0.3) is 10.8 Å². The average molecular weight is 276 g/mol. The van der Waals surface area contributed by atoms with Gasteiger partial charge in [0, 0.05) is 28.9 Å². The molecular formula is C18H16N2O. The molecule has 2 N–H and O–H groups in total. The Balaban J connectivity index is 1.71. The molecule has 0 bridgehead atoms. The molecule has 0 aliphatic heterocycles. The van der Waals surface area contributed by atoms with Gasteiger partial charge in [0.15, 0.2) is 0 Å². The summed E-state index contributed by atoms with van der Waals surface area (Å²) in [5.74, 6) is 0.352. The lowest BCUT2D eigenvalue weighted by molar-refractivity contribution is 0.474. The number of phenols is 1. The van der Waals surface area contributed by atoms with Gasteiger partial charge >= 0.3 is 0 Å². The van der Waals surface area contributed by atoms with E-state index in [1.807, 2.05) is 30.6 Å². The summed E-state index contributed by atoms with van der Waals surface area (Å²) in [5, 5.41) is 15.6. The first-order valence-electron chi connectivity index (χ1n) is 7.22. The van der Waals surface area contributed by atoms with Gasteiger partial charge < -0.3 is 10.4 Å². The van der Waals surface area contributed by atoms with E-state index in [0.717, 1.165) is 23.9 Å². The Morgan fingerprint density at radius 3 is 3.05 bits per heavy atom. The molecule has 0 radical (unpaired) electrons. The maximum absolute atomic E-state index is 9.59. The third kappa shape index (κ3) is 2.11. The van der Waals surface area contributed by atoms with E-state index in [4.69, 9.17) is 0 Å². The quantitative estimate of drug-likeness (QED) is 0.742. The van der Waals surface area contributed by atoms with Crippen molar-refractivity contribution >= 4 is 16.5 Å². The molecule has 3 aromatic rings. The van der Waals surface area contributed by atoms with Crippen LogP contribution in [0.4, 0.5) is 5.69 Å². The first kappa shape index (κ1) is 12.2. The summed E-state index contributed by atoms with van der Waals surface area (Å²) < 4.78 is 0. The van der Waals surface area contributed by atoms with Gasteiger partial charge in [-0.2, -0.15) is 0 Å². The number of fused-ring (bicyclic) bond motifs is 2. The second kappa shape index (κ2) is 4.77. The molecule has 1 unspecified atom stereocenters. The van der Waals surface area contributed by atoms with Gasteiger partial charge in [0.25, 0.3) is 0 Å². The van der Waals surface area contributed by atoms with Crippen LogP contribution in [0.3, 0.4) is 0 Å². The van der Waals surface area contributed by atoms with Crippen molar-refractivity contribution in [1.29, 1.82) is 0 Å². The number of aromatic hydroxyl groups is 1. The lowest BCUT2D eigenvalue weighted by Gasteiger charge is -2.17. The highest BCUT2D eigenvalue weighted by molar-refractivity contribution is 5.93. The maximum Gasteiger partial charge on any atom is 0.115 e. The molecule has 0 saturated heterocycles. The Kier molecular flexibility index (Phi) is 2.78. The molecule has 2 aromatic carbocycles. The molecule has 1 atom stereocenters. The molecule has 1 aliphatic carbocycles. The summed E-state index contributed by atoms with van der Waals surface area (Å²) in [6.07, 6.45) is 5.78. The van der Waals surface area contributed by atoms with Gasteiger partial charge in [-0.25, -0.2) is 0 Å². The molecule has 3 heteroatoms. The van der Waals surface area contributed by atoms with Crippen LogP contribution in [0.1, 0.15) is 23.6 Å². The molecule has 0 fully saturated rings. The highest BCUT2D eigenvalue weighted by Gasteiger charge is 2.22. The van der Waals surface area contributed by atoms with Crippen molar-refractivity contribution in [3.63, 3.8) is 0 Å². The number of nitrogens with zero attached hydrogens (tertiary/aromatic N) is 1. The van der Waals surface area contributed by atoms with Crippen LogP contribution >= 0.6 is 0 Å². The van der Waals surface area contributed by atoms with Crippen molar-refractivity contribution in [3.05, 3.63) is 66.0 Å². The maximum atomic E-state index is 9.59. The van der Waals surface area contributed by atoms with E-state index in [1.165, 1.54) is 16.5 Å². The number of pyridine rings is 1. The summed E-state index contributed by atoms with van der Waals surface area (Å²) in [6, 6.07) is 14.3. The lowest BCUT2D eigenvalue weighted by Crippen LogP contribution is -2.07. The summed E-state index contributed by atoms with van der Waals surface area (Å²) in [7, 11) is 0. The number of aryl methyl sites for hydroxylation is 1. The minimum atomic E-state index is 0.305. The van der Waals surface area contributed by atoms with Gasteiger partial charge in [0.05, 0.1) is 6.04 Å². The first-order chi connectivity index (χ1) is 10.3. The van der Waals surface area contributed by atoms with Crippen molar-refractivity contribution < 1.29 is 5.11 Å². The first-order valence-corrected chi connectivity index (χ1v) is 7.22. The molecule has 4 rings (SSSR count). The van der Waals surface area contributed by atoms with Crippen LogP contribution in [0.5, 0.6) is 5.75 Å². The van der Waals surface area contributed by atoms with Gasteiger partial charge in [-0.1, -0.05) is 18.2 Å². The van der Waals surface area contributed by atoms with Gasteiger partial charge in [0.1, 0.15) is 5.75 Å². The van der Waals surface area contributed by atoms with E-state index >= 15 is 0 Å². The Labute approximate surface area is 123 Å². The number of hydrogen-bond acceptors (Lipinski definition) is 3.